The van der Waals surface area contributed by atoms with E-state index in [-0.39, 0.29) is 11.9 Å². The van der Waals surface area contributed by atoms with Crippen LogP contribution in [0.15, 0.2) is 48.9 Å². The molecule has 1 amide bonds. The van der Waals surface area contributed by atoms with Crippen LogP contribution in [0.5, 0.6) is 0 Å². The van der Waals surface area contributed by atoms with Gasteiger partial charge in [-0.15, -0.1) is 0 Å². The van der Waals surface area contributed by atoms with Gasteiger partial charge in [0.25, 0.3) is 0 Å². The number of halogens is 1. The molecule has 2 N–H and O–H groups in total. The van der Waals surface area contributed by atoms with Crippen LogP contribution < -0.4 is 5.32 Å². The molecule has 1 spiro atoms. The Morgan fingerprint density at radius 1 is 1.13 bits per heavy atom. The van der Waals surface area contributed by atoms with E-state index in [9.17, 15) is 9.18 Å². The minimum absolute atomic E-state index is 0.113. The fraction of sp³-hybridized carbons (Fsp3) is 0.357. The Kier molecular flexibility index (Phi) is 6.20. The molecule has 0 radical (unpaired) electrons. The smallest absolute Gasteiger partial charge is 0.229 e. The van der Waals surface area contributed by atoms with Crippen molar-refractivity contribution in [2.24, 2.45) is 5.41 Å². The van der Waals surface area contributed by atoms with Gasteiger partial charge in [-0.1, -0.05) is 12.1 Å². The number of carbonyl (C=O) groups is 1. The molecule has 5 heterocycles. The number of nitrogens with one attached hydrogen (secondary N) is 2. The Hall–Kier alpha value is -4.41. The van der Waals surface area contributed by atoms with Crippen molar-refractivity contribution in [3.8, 4) is 5.82 Å². The molecule has 10 nitrogen and oxygen atoms in total. The van der Waals surface area contributed by atoms with Crippen molar-refractivity contribution in [2.45, 2.75) is 52.5 Å². The molecule has 2 aliphatic rings. The van der Waals surface area contributed by atoms with Crippen molar-refractivity contribution < 1.29 is 9.18 Å². The monoisotopic (exact) mass is 527 g/mol. The zero-order chi connectivity index (χ0) is 27.1. The molecule has 1 aliphatic carbocycles. The zero-order valence-electron chi connectivity index (χ0n) is 22.1. The van der Waals surface area contributed by atoms with Crippen LogP contribution in [-0.2, 0) is 4.79 Å². The number of hydrogen-bond acceptors (Lipinski definition) is 7. The summed E-state index contributed by atoms with van der Waals surface area (Å²) in [7, 11) is 0. The van der Waals surface area contributed by atoms with Gasteiger partial charge in [-0.05, 0) is 63.7 Å². The lowest BCUT2D eigenvalue weighted by Crippen LogP contribution is -2.37. The third kappa shape index (κ3) is 4.80. The van der Waals surface area contributed by atoms with Crippen LogP contribution in [0.3, 0.4) is 0 Å². The van der Waals surface area contributed by atoms with E-state index in [2.05, 4.69) is 36.7 Å². The molecule has 2 unspecified atom stereocenters. The molecule has 200 valence electrons. The number of likely N-dealkylation sites (tertiary alicyclic amines) is 1. The summed E-state index contributed by atoms with van der Waals surface area (Å²) in [5.74, 6) is 2.39. The number of pyridine rings is 1. The Morgan fingerprint density at radius 3 is 2.67 bits per heavy atom. The molecule has 1 saturated heterocycles. The van der Waals surface area contributed by atoms with E-state index < -0.39 is 11.2 Å². The molecule has 4 aromatic heterocycles. The van der Waals surface area contributed by atoms with Crippen molar-refractivity contribution in [2.75, 3.05) is 11.9 Å². The number of aryl methyl sites for hydroxylation is 2. The first kappa shape index (κ1) is 24.9. The normalized spacial score (nSPS) is 19.9. The van der Waals surface area contributed by atoms with E-state index in [1.165, 1.54) is 10.9 Å². The van der Waals surface area contributed by atoms with Gasteiger partial charge in [0.15, 0.2) is 23.3 Å². The predicted molar refractivity (Wildman–Crippen MR) is 144 cm³/mol. The second-order valence-electron chi connectivity index (χ2n) is 10.5. The summed E-state index contributed by atoms with van der Waals surface area (Å²) in [6, 6.07) is 7.42. The molecule has 0 bridgehead atoms. The Morgan fingerprint density at radius 2 is 2.00 bits per heavy atom. The third-order valence-electron chi connectivity index (χ3n) is 7.77. The molecule has 0 saturated carbocycles. The fourth-order valence-corrected chi connectivity index (χ4v) is 5.51. The minimum Gasteiger partial charge on any atom is -0.335 e. The highest BCUT2D eigenvalue weighted by molar-refractivity contribution is 5.86. The van der Waals surface area contributed by atoms with Gasteiger partial charge >= 0.3 is 0 Å². The highest BCUT2D eigenvalue weighted by Crippen LogP contribution is 2.47. The number of nitrogens with zero attached hydrogens (tertiary/aromatic N) is 7. The molecular weight excluding hydrogens is 497 g/mol. The second-order valence-corrected chi connectivity index (χ2v) is 10.5. The summed E-state index contributed by atoms with van der Waals surface area (Å²) in [6.45, 7) is 6.63. The predicted octanol–water partition coefficient (Wildman–Crippen LogP) is 4.83. The van der Waals surface area contributed by atoms with Crippen LogP contribution in [0.4, 0.5) is 16.0 Å². The molecule has 0 aromatic carbocycles. The van der Waals surface area contributed by atoms with Crippen LogP contribution in [0, 0.1) is 25.1 Å². The van der Waals surface area contributed by atoms with Gasteiger partial charge in [-0.3, -0.25) is 9.89 Å². The molecule has 39 heavy (non-hydrogen) atoms. The topological polar surface area (TPSA) is 118 Å². The summed E-state index contributed by atoms with van der Waals surface area (Å²) in [5.41, 5.74) is 3.44. The van der Waals surface area contributed by atoms with E-state index in [0.29, 0.717) is 36.2 Å². The maximum Gasteiger partial charge on any atom is 0.229 e. The fourth-order valence-electron chi connectivity index (χ4n) is 5.51. The van der Waals surface area contributed by atoms with E-state index in [0.717, 1.165) is 48.0 Å². The van der Waals surface area contributed by atoms with Crippen molar-refractivity contribution in [3.05, 3.63) is 77.5 Å². The standard InChI is InChI=1S/C28H30FN9O/c1-17-12-23(33-24-13-18(2)35-36-24)34-26(32-17)20-6-8-28(9-7-20)10-11-37(27(28)39)19(3)21-4-5-25(30-14-21)38-16-22(29)15-31-38/h4-6,12-16,19H,7-11H2,1-3H3,(H2,32,33,34,35,36). The molecule has 1 aliphatic heterocycles. The molecule has 4 aromatic rings. The Balaban J connectivity index is 1.15. The zero-order valence-corrected chi connectivity index (χ0v) is 22.1. The quantitative estimate of drug-likeness (QED) is 0.369. The first-order valence-corrected chi connectivity index (χ1v) is 13.1. The molecule has 11 heteroatoms. The van der Waals surface area contributed by atoms with Crippen molar-refractivity contribution >= 4 is 23.1 Å². The molecule has 2 atom stereocenters. The number of H-pyrrole nitrogens is 1. The Labute approximate surface area is 225 Å². The first-order valence-electron chi connectivity index (χ1n) is 13.1. The molecule has 6 rings (SSSR count). The van der Waals surface area contributed by atoms with Crippen molar-refractivity contribution in [3.63, 3.8) is 0 Å². The summed E-state index contributed by atoms with van der Waals surface area (Å²) < 4.78 is 14.7. The van der Waals surface area contributed by atoms with Gasteiger partial charge in [0.1, 0.15) is 5.82 Å². The van der Waals surface area contributed by atoms with Crippen LogP contribution in [-0.4, -0.2) is 52.3 Å². The summed E-state index contributed by atoms with van der Waals surface area (Å²) in [4.78, 5) is 29.5. The highest BCUT2D eigenvalue weighted by atomic mass is 19.1. The second kappa shape index (κ2) is 9.72. The average molecular weight is 528 g/mol. The number of amides is 1. The maximum atomic E-state index is 13.7. The van der Waals surface area contributed by atoms with Crippen LogP contribution in [0.1, 0.15) is 61.4 Å². The SMILES string of the molecule is Cc1cc(Nc2cc(C)[nH]n2)nc(C2=CCC3(CC2)CCN(C(C)c2ccc(-n4cc(F)cn4)nc2)C3=O)n1. The summed E-state index contributed by atoms with van der Waals surface area (Å²) in [6.07, 6.45) is 9.31. The van der Waals surface area contributed by atoms with Crippen LogP contribution in [0.25, 0.3) is 11.4 Å². The van der Waals surface area contributed by atoms with E-state index in [1.54, 1.807) is 12.3 Å². The van der Waals surface area contributed by atoms with Gasteiger partial charge in [-0.2, -0.15) is 10.2 Å². The maximum absolute atomic E-state index is 13.7. The number of rotatable bonds is 6. The average Bonchev–Trinajstić information content (AvgIpc) is 3.63. The molecule has 1 fully saturated rings. The van der Waals surface area contributed by atoms with Gasteiger partial charge in [0.05, 0.1) is 23.9 Å². The van der Waals surface area contributed by atoms with Crippen LogP contribution in [0.2, 0.25) is 0 Å². The number of anilines is 2. The van der Waals surface area contributed by atoms with Crippen LogP contribution >= 0.6 is 0 Å². The lowest BCUT2D eigenvalue weighted by Gasteiger charge is -2.32. The number of allylic oxidation sites excluding steroid dienone is 2. The first-order chi connectivity index (χ1) is 18.8. The van der Waals surface area contributed by atoms with E-state index >= 15 is 0 Å². The lowest BCUT2D eigenvalue weighted by atomic mass is 9.73. The highest BCUT2D eigenvalue weighted by Gasteiger charge is 2.48. The third-order valence-corrected chi connectivity index (χ3v) is 7.77. The largest absolute Gasteiger partial charge is 0.335 e. The minimum atomic E-state index is -0.415. The molecular formula is C28H30FN9O. The lowest BCUT2D eigenvalue weighted by molar-refractivity contribution is -0.138. The van der Waals surface area contributed by atoms with Gasteiger partial charge < -0.3 is 10.2 Å². The van der Waals surface area contributed by atoms with Gasteiger partial charge in [0.2, 0.25) is 5.91 Å². The van der Waals surface area contributed by atoms with Crippen molar-refractivity contribution in [1.29, 1.82) is 0 Å². The van der Waals surface area contributed by atoms with Gasteiger partial charge in [0, 0.05) is 36.3 Å². The van der Waals surface area contributed by atoms with E-state index in [1.807, 2.05) is 43.9 Å². The van der Waals surface area contributed by atoms with E-state index in [4.69, 9.17) is 4.98 Å². The number of aromatic amines is 1. The number of carbonyl (C=O) groups excluding carboxylic acids is 1. The number of hydrogen-bond donors (Lipinski definition) is 2. The Bertz CT molecular complexity index is 1560. The number of aromatic nitrogens is 7. The van der Waals surface area contributed by atoms with Gasteiger partial charge in [-0.25, -0.2) is 24.0 Å². The summed E-state index contributed by atoms with van der Waals surface area (Å²) in [5, 5.41) is 14.3. The van der Waals surface area contributed by atoms with Crippen molar-refractivity contribution in [1.82, 2.24) is 39.8 Å². The summed E-state index contributed by atoms with van der Waals surface area (Å²) >= 11 is 0.